The molecule has 1 aromatic heterocycles. The van der Waals surface area contributed by atoms with Gasteiger partial charge in [0.15, 0.2) is 0 Å². The highest BCUT2D eigenvalue weighted by Crippen LogP contribution is 3.02. The van der Waals surface area contributed by atoms with Gasteiger partial charge >= 0.3 is 10.2 Å². The molecule has 0 spiro atoms. The molecule has 0 radical (unpaired) electrons. The van der Waals surface area contributed by atoms with Crippen LogP contribution < -0.4 is 5.32 Å². The number of para-hydroxylation sites is 1. The van der Waals surface area contributed by atoms with Crippen LogP contribution in [-0.4, -0.2) is 15.7 Å². The summed E-state index contributed by atoms with van der Waals surface area (Å²) in [7, 11) is -9.73. The Bertz CT molecular complexity index is 1040. The van der Waals surface area contributed by atoms with Gasteiger partial charge < -0.3 is 5.32 Å². The van der Waals surface area contributed by atoms with E-state index in [0.717, 1.165) is 18.2 Å². The maximum Gasteiger partial charge on any atom is 0.310 e. The van der Waals surface area contributed by atoms with E-state index in [0.29, 0.717) is 28.7 Å². The smallest absolute Gasteiger partial charge is 0.310 e. The van der Waals surface area contributed by atoms with Crippen molar-refractivity contribution in [2.24, 2.45) is 0 Å². The molecule has 0 bridgehead atoms. The molecule has 0 saturated heterocycles. The van der Waals surface area contributed by atoms with Gasteiger partial charge in [-0.1, -0.05) is 44.2 Å². The summed E-state index contributed by atoms with van der Waals surface area (Å²) in [4.78, 5) is 9.39. The Balaban J connectivity index is 2.05. The van der Waals surface area contributed by atoms with E-state index in [1.54, 1.807) is 24.3 Å². The van der Waals surface area contributed by atoms with E-state index in [2.05, 4.69) is 17.0 Å². The fraction of sp³-hybridized carbons (Fsp3) is 0.0588. The first-order valence-electron chi connectivity index (χ1n) is 7.60. The average molecular weight is 403 g/mol. The molecule has 3 rings (SSSR count). The van der Waals surface area contributed by atoms with Crippen LogP contribution in [-0.2, 0) is 11.3 Å². The molecule has 1 amide bonds. The second-order valence-electron chi connectivity index (χ2n) is 5.76. The molecule has 0 aliphatic rings. The van der Waals surface area contributed by atoms with E-state index in [9.17, 15) is 24.2 Å². The molecule has 1 heterocycles. The molecule has 0 aliphatic carbocycles. The molecule has 0 saturated carbocycles. The highest BCUT2D eigenvalue weighted by Gasteiger charge is 2.65. The monoisotopic (exact) mass is 403 g/mol. The van der Waals surface area contributed by atoms with Crippen LogP contribution in [0.3, 0.4) is 0 Å². The fourth-order valence-electron chi connectivity index (χ4n) is 2.55. The normalized spacial score (nSPS) is 14.4. The molecule has 0 aliphatic heterocycles. The third-order valence-corrected chi connectivity index (χ3v) is 4.97. The summed E-state index contributed by atoms with van der Waals surface area (Å²) >= 11 is 0. The van der Waals surface area contributed by atoms with Gasteiger partial charge in [-0.05, 0) is 36.4 Å². The van der Waals surface area contributed by atoms with Crippen molar-refractivity contribution in [2.45, 2.75) is 11.4 Å². The molecule has 4 nitrogen and oxygen atoms in total. The van der Waals surface area contributed by atoms with E-state index in [4.69, 9.17) is 0 Å². The number of benzene rings is 2. The Kier molecular flexibility index (Phi) is 3.89. The van der Waals surface area contributed by atoms with Crippen LogP contribution in [0, 0.1) is 0 Å². The number of nitrogens with zero attached hydrogens (tertiary/aromatic N) is 2. The van der Waals surface area contributed by atoms with Crippen molar-refractivity contribution in [1.29, 1.82) is 0 Å². The number of rotatable bonds is 5. The molecule has 0 fully saturated rings. The lowest BCUT2D eigenvalue weighted by Crippen LogP contribution is -2.20. The maximum atomic E-state index is 12.9. The zero-order valence-corrected chi connectivity index (χ0v) is 14.5. The SMILES string of the molecule is C=CC(=O)NCc1nn(-c2ccc(S(F)(F)(F)(F)F)cc2)c2ccccc12. The summed E-state index contributed by atoms with van der Waals surface area (Å²) in [5.74, 6) is -0.408. The van der Waals surface area contributed by atoms with E-state index in [-0.39, 0.29) is 12.2 Å². The van der Waals surface area contributed by atoms with Crippen LogP contribution in [0.15, 0.2) is 66.1 Å². The van der Waals surface area contributed by atoms with Crippen LogP contribution in [0.25, 0.3) is 16.6 Å². The zero-order chi connectivity index (χ0) is 19.9. The minimum Gasteiger partial charge on any atom is -0.347 e. The summed E-state index contributed by atoms with van der Waals surface area (Å²) in [6.45, 7) is 3.41. The van der Waals surface area contributed by atoms with Crippen molar-refractivity contribution in [1.82, 2.24) is 15.1 Å². The lowest BCUT2D eigenvalue weighted by molar-refractivity contribution is -0.116. The molecule has 27 heavy (non-hydrogen) atoms. The highest BCUT2D eigenvalue weighted by atomic mass is 32.5. The largest absolute Gasteiger partial charge is 0.347 e. The summed E-state index contributed by atoms with van der Waals surface area (Å²) in [6.07, 6.45) is 1.10. The van der Waals surface area contributed by atoms with Crippen LogP contribution in [0.1, 0.15) is 5.69 Å². The number of hydrogen-bond acceptors (Lipinski definition) is 2. The Hall–Kier alpha value is -2.88. The zero-order valence-electron chi connectivity index (χ0n) is 13.7. The molecule has 1 N–H and O–H groups in total. The molecular formula is C17H14F5N3OS. The van der Waals surface area contributed by atoms with E-state index in [1.807, 2.05) is 0 Å². The number of hydrogen-bond donors (Lipinski definition) is 1. The van der Waals surface area contributed by atoms with Gasteiger partial charge in [0.25, 0.3) is 0 Å². The second kappa shape index (κ2) is 5.56. The number of carbonyl (C=O) groups is 1. The Morgan fingerprint density at radius 3 is 2.30 bits per heavy atom. The summed E-state index contributed by atoms with van der Waals surface area (Å²) < 4.78 is 65.7. The van der Waals surface area contributed by atoms with Gasteiger partial charge in [-0.3, -0.25) is 4.79 Å². The van der Waals surface area contributed by atoms with Crippen LogP contribution >= 0.6 is 10.2 Å². The van der Waals surface area contributed by atoms with Crippen molar-refractivity contribution in [2.75, 3.05) is 0 Å². The number of nitrogens with one attached hydrogen (secondary N) is 1. The Morgan fingerprint density at radius 2 is 1.70 bits per heavy atom. The fourth-order valence-corrected chi connectivity index (χ4v) is 3.20. The lowest BCUT2D eigenvalue weighted by Gasteiger charge is -2.40. The molecule has 2 aromatic carbocycles. The van der Waals surface area contributed by atoms with Gasteiger partial charge in [0.2, 0.25) is 5.91 Å². The molecule has 0 unspecified atom stereocenters. The summed E-state index contributed by atoms with van der Waals surface area (Å²) in [5.41, 5.74) is 1.20. The van der Waals surface area contributed by atoms with Crippen LogP contribution in [0.5, 0.6) is 0 Å². The van der Waals surface area contributed by atoms with Gasteiger partial charge in [0, 0.05) is 5.39 Å². The molecule has 10 heteroatoms. The van der Waals surface area contributed by atoms with Crippen molar-refractivity contribution in [3.63, 3.8) is 0 Å². The van der Waals surface area contributed by atoms with Gasteiger partial charge in [-0.2, -0.15) is 5.10 Å². The quantitative estimate of drug-likeness (QED) is 0.453. The van der Waals surface area contributed by atoms with E-state index >= 15 is 0 Å². The minimum absolute atomic E-state index is 0.0713. The maximum absolute atomic E-state index is 12.9. The van der Waals surface area contributed by atoms with Crippen LogP contribution in [0.2, 0.25) is 0 Å². The third kappa shape index (κ3) is 3.95. The second-order valence-corrected chi connectivity index (χ2v) is 8.17. The average Bonchev–Trinajstić information content (AvgIpc) is 2.97. The first-order valence-corrected chi connectivity index (χ1v) is 9.55. The minimum atomic E-state index is -9.73. The van der Waals surface area contributed by atoms with Crippen molar-refractivity contribution < 1.29 is 24.2 Å². The van der Waals surface area contributed by atoms with Crippen molar-refractivity contribution in [3.8, 4) is 5.69 Å². The van der Waals surface area contributed by atoms with E-state index in [1.165, 1.54) is 4.68 Å². The number of aromatic nitrogens is 2. The molecule has 3 aromatic rings. The van der Waals surface area contributed by atoms with E-state index < -0.39 is 21.0 Å². The Labute approximate surface area is 151 Å². The highest BCUT2D eigenvalue weighted by molar-refractivity contribution is 8.45. The molecule has 144 valence electrons. The number of halogens is 5. The van der Waals surface area contributed by atoms with Gasteiger partial charge in [0.1, 0.15) is 4.90 Å². The predicted molar refractivity (Wildman–Crippen MR) is 94.5 cm³/mol. The standard InChI is InChI=1S/C17H14F5N3OS/c1-2-17(26)23-11-15-14-5-3-4-6-16(14)25(24-15)12-7-9-13(10-8-12)27(18,19,20,21)22/h2-10H,1,11H2,(H,23,26). The topological polar surface area (TPSA) is 46.9 Å². The first kappa shape index (κ1) is 18.9. The van der Waals surface area contributed by atoms with Gasteiger partial charge in [0.05, 0.1) is 23.4 Å². The lowest BCUT2D eigenvalue weighted by atomic mass is 10.2. The summed E-state index contributed by atoms with van der Waals surface area (Å²) in [5, 5.41) is 7.53. The van der Waals surface area contributed by atoms with Gasteiger partial charge in [-0.15, -0.1) is 0 Å². The summed E-state index contributed by atoms with van der Waals surface area (Å²) in [6, 6.07) is 9.40. The van der Waals surface area contributed by atoms with Crippen LogP contribution in [0.4, 0.5) is 19.4 Å². The molecule has 0 atom stereocenters. The number of fused-ring (bicyclic) bond motifs is 1. The van der Waals surface area contributed by atoms with Crippen molar-refractivity contribution in [3.05, 3.63) is 66.9 Å². The number of carbonyl (C=O) groups excluding carboxylic acids is 1. The third-order valence-electron chi connectivity index (χ3n) is 3.81. The van der Waals surface area contributed by atoms with Crippen molar-refractivity contribution >= 4 is 27.0 Å². The Morgan fingerprint density at radius 1 is 1.07 bits per heavy atom. The van der Waals surface area contributed by atoms with Gasteiger partial charge in [-0.25, -0.2) is 4.68 Å². The molecular weight excluding hydrogens is 389 g/mol. The predicted octanol–water partition coefficient (Wildman–Crippen LogP) is 5.49. The first-order chi connectivity index (χ1) is 12.4. The number of amides is 1.